The first-order valence-electron chi connectivity index (χ1n) is 8.53. The van der Waals surface area contributed by atoms with E-state index in [4.69, 9.17) is 21.3 Å². The highest BCUT2D eigenvalue weighted by atomic mass is 35.5. The van der Waals surface area contributed by atoms with Crippen molar-refractivity contribution < 1.29 is 9.66 Å². The average molecular weight is 417 g/mol. The van der Waals surface area contributed by atoms with E-state index >= 15 is 0 Å². The van der Waals surface area contributed by atoms with Crippen molar-refractivity contribution in [3.8, 4) is 10.7 Å². The Morgan fingerprint density at radius 2 is 2.00 bits per heavy atom. The molecule has 28 heavy (non-hydrogen) atoms. The van der Waals surface area contributed by atoms with Crippen molar-refractivity contribution in [3.63, 3.8) is 0 Å². The fourth-order valence-corrected chi connectivity index (χ4v) is 4.24. The molecule has 4 heterocycles. The second kappa shape index (κ2) is 6.66. The molecule has 142 valence electrons. The Kier molecular flexibility index (Phi) is 4.11. The number of aromatic nitrogens is 4. The standard InChI is InChI=1S/C17H13ClN6O3S/c18-10-1-2-12-11(9-10)15-20-21-16(13-3-4-14(28-13)24(25)26)23(15)17(19-12)22-5-7-27-8-6-22/h1-4,9H,5-8H2. The van der Waals surface area contributed by atoms with E-state index in [1.807, 2.05) is 10.5 Å². The van der Waals surface area contributed by atoms with Crippen LogP contribution in [0, 0.1) is 10.1 Å². The zero-order valence-corrected chi connectivity index (χ0v) is 16.0. The molecule has 0 atom stereocenters. The molecule has 1 aliphatic rings. The molecule has 1 aromatic carbocycles. The normalized spacial score (nSPS) is 14.8. The number of fused-ring (bicyclic) bond motifs is 3. The van der Waals surface area contributed by atoms with Gasteiger partial charge in [0, 0.05) is 29.6 Å². The zero-order valence-electron chi connectivity index (χ0n) is 14.4. The van der Waals surface area contributed by atoms with Crippen LogP contribution in [0.15, 0.2) is 30.3 Å². The van der Waals surface area contributed by atoms with Crippen LogP contribution in [-0.4, -0.2) is 50.8 Å². The lowest BCUT2D eigenvalue weighted by atomic mass is 10.2. The number of halogens is 1. The van der Waals surface area contributed by atoms with Crippen LogP contribution in [0.25, 0.3) is 27.3 Å². The van der Waals surface area contributed by atoms with E-state index in [9.17, 15) is 10.1 Å². The lowest BCUT2D eigenvalue weighted by molar-refractivity contribution is -0.380. The van der Waals surface area contributed by atoms with Crippen LogP contribution in [0.4, 0.5) is 10.9 Å². The minimum atomic E-state index is -0.409. The number of ether oxygens (including phenoxy) is 1. The van der Waals surface area contributed by atoms with Gasteiger partial charge in [0.25, 0.3) is 0 Å². The number of nitro groups is 1. The van der Waals surface area contributed by atoms with Gasteiger partial charge in [0.2, 0.25) is 5.95 Å². The second-order valence-corrected chi connectivity index (χ2v) is 7.75. The summed E-state index contributed by atoms with van der Waals surface area (Å²) in [6.07, 6.45) is 0. The first-order valence-corrected chi connectivity index (χ1v) is 9.73. The van der Waals surface area contributed by atoms with Crippen molar-refractivity contribution in [2.75, 3.05) is 31.2 Å². The van der Waals surface area contributed by atoms with Gasteiger partial charge in [-0.1, -0.05) is 22.9 Å². The van der Waals surface area contributed by atoms with Crippen LogP contribution < -0.4 is 4.90 Å². The molecule has 0 saturated carbocycles. The summed E-state index contributed by atoms with van der Waals surface area (Å²) in [4.78, 5) is 18.3. The van der Waals surface area contributed by atoms with Gasteiger partial charge in [-0.05, 0) is 24.3 Å². The Morgan fingerprint density at radius 1 is 1.18 bits per heavy atom. The van der Waals surface area contributed by atoms with Crippen LogP contribution >= 0.6 is 22.9 Å². The van der Waals surface area contributed by atoms with Crippen molar-refractivity contribution in [1.82, 2.24) is 19.6 Å². The van der Waals surface area contributed by atoms with Crippen molar-refractivity contribution >= 4 is 50.4 Å². The minimum absolute atomic E-state index is 0.0523. The van der Waals surface area contributed by atoms with Crippen molar-refractivity contribution in [1.29, 1.82) is 0 Å². The molecule has 1 fully saturated rings. The van der Waals surface area contributed by atoms with E-state index in [2.05, 4.69) is 15.1 Å². The molecule has 0 aliphatic carbocycles. The summed E-state index contributed by atoms with van der Waals surface area (Å²) in [7, 11) is 0. The van der Waals surface area contributed by atoms with Crippen molar-refractivity contribution in [3.05, 3.63) is 45.5 Å². The molecule has 0 unspecified atom stereocenters. The topological polar surface area (TPSA) is 98.7 Å². The second-order valence-electron chi connectivity index (χ2n) is 6.25. The van der Waals surface area contributed by atoms with Gasteiger partial charge < -0.3 is 9.64 Å². The predicted octanol–water partition coefficient (Wildman–Crippen LogP) is 3.40. The molecular weight excluding hydrogens is 404 g/mol. The fraction of sp³-hybridized carbons (Fsp3) is 0.235. The summed E-state index contributed by atoms with van der Waals surface area (Å²) >= 11 is 7.24. The molecule has 4 aromatic rings. The third kappa shape index (κ3) is 2.77. The number of nitrogens with zero attached hydrogens (tertiary/aromatic N) is 6. The van der Waals surface area contributed by atoms with E-state index < -0.39 is 4.92 Å². The highest BCUT2D eigenvalue weighted by molar-refractivity contribution is 7.18. The van der Waals surface area contributed by atoms with Gasteiger partial charge in [-0.15, -0.1) is 10.2 Å². The molecule has 0 amide bonds. The number of benzene rings is 1. The van der Waals surface area contributed by atoms with E-state index in [0.717, 1.165) is 22.2 Å². The quantitative estimate of drug-likeness (QED) is 0.372. The number of hydrogen-bond donors (Lipinski definition) is 0. The van der Waals surface area contributed by atoms with Crippen LogP contribution in [0.3, 0.4) is 0 Å². The molecule has 0 radical (unpaired) electrons. The molecule has 0 spiro atoms. The maximum absolute atomic E-state index is 11.1. The first kappa shape index (κ1) is 17.3. The monoisotopic (exact) mass is 416 g/mol. The molecule has 1 saturated heterocycles. The molecular formula is C17H13ClN6O3S. The van der Waals surface area contributed by atoms with Crippen LogP contribution in [0.2, 0.25) is 5.02 Å². The van der Waals surface area contributed by atoms with Crippen LogP contribution in [-0.2, 0) is 4.74 Å². The maximum Gasteiger partial charge on any atom is 0.324 e. The lowest BCUT2D eigenvalue weighted by Gasteiger charge is -2.28. The van der Waals surface area contributed by atoms with E-state index in [1.54, 1.807) is 18.2 Å². The number of hydrogen-bond acceptors (Lipinski definition) is 8. The molecule has 9 nitrogen and oxygen atoms in total. The smallest absolute Gasteiger partial charge is 0.324 e. The third-order valence-electron chi connectivity index (χ3n) is 4.57. The highest BCUT2D eigenvalue weighted by Crippen LogP contribution is 2.35. The molecule has 3 aromatic heterocycles. The van der Waals surface area contributed by atoms with Gasteiger partial charge in [-0.25, -0.2) is 9.38 Å². The largest absolute Gasteiger partial charge is 0.378 e. The molecule has 1 aliphatic heterocycles. The van der Waals surface area contributed by atoms with Gasteiger partial charge >= 0.3 is 5.00 Å². The molecule has 5 rings (SSSR count). The maximum atomic E-state index is 11.1. The fourth-order valence-electron chi connectivity index (χ4n) is 3.27. The Labute approximate surface area is 167 Å². The Bertz CT molecular complexity index is 1220. The Balaban J connectivity index is 1.80. The third-order valence-corrected chi connectivity index (χ3v) is 5.84. The number of morpholine rings is 1. The summed E-state index contributed by atoms with van der Waals surface area (Å²) in [5.74, 6) is 1.20. The zero-order chi connectivity index (χ0) is 19.3. The highest BCUT2D eigenvalue weighted by Gasteiger charge is 2.23. The van der Waals surface area contributed by atoms with Gasteiger partial charge in [-0.2, -0.15) is 0 Å². The van der Waals surface area contributed by atoms with Crippen molar-refractivity contribution in [2.45, 2.75) is 0 Å². The van der Waals surface area contributed by atoms with E-state index in [0.29, 0.717) is 53.6 Å². The van der Waals surface area contributed by atoms with E-state index in [1.165, 1.54) is 6.07 Å². The summed E-state index contributed by atoms with van der Waals surface area (Å²) in [6, 6.07) is 8.60. The van der Waals surface area contributed by atoms with Crippen molar-refractivity contribution in [2.24, 2.45) is 0 Å². The SMILES string of the molecule is O=[N+]([O-])c1ccc(-c2nnc3c4cc(Cl)ccc4nc(N4CCOCC4)n23)s1. The number of rotatable bonds is 3. The van der Waals surface area contributed by atoms with Crippen LogP contribution in [0.5, 0.6) is 0 Å². The summed E-state index contributed by atoms with van der Waals surface area (Å²) in [6.45, 7) is 2.57. The number of anilines is 1. The van der Waals surface area contributed by atoms with Gasteiger partial charge in [0.05, 0.1) is 28.5 Å². The van der Waals surface area contributed by atoms with Gasteiger partial charge in [-0.3, -0.25) is 10.1 Å². The molecule has 0 N–H and O–H groups in total. The van der Waals surface area contributed by atoms with E-state index in [-0.39, 0.29) is 5.00 Å². The Hall–Kier alpha value is -2.82. The summed E-state index contributed by atoms with van der Waals surface area (Å²) in [5.41, 5.74) is 1.37. The minimum Gasteiger partial charge on any atom is -0.378 e. The van der Waals surface area contributed by atoms with Gasteiger partial charge in [0.15, 0.2) is 11.5 Å². The number of thiophene rings is 1. The molecule has 0 bridgehead atoms. The Morgan fingerprint density at radius 3 is 2.75 bits per heavy atom. The summed E-state index contributed by atoms with van der Waals surface area (Å²) in [5, 5.41) is 21.2. The lowest BCUT2D eigenvalue weighted by Crippen LogP contribution is -2.38. The van der Waals surface area contributed by atoms with Crippen LogP contribution in [0.1, 0.15) is 0 Å². The molecule has 11 heteroatoms. The average Bonchev–Trinajstić information content (AvgIpc) is 3.35. The van der Waals surface area contributed by atoms with Gasteiger partial charge in [0.1, 0.15) is 0 Å². The summed E-state index contributed by atoms with van der Waals surface area (Å²) < 4.78 is 7.31. The predicted molar refractivity (Wildman–Crippen MR) is 106 cm³/mol. The first-order chi connectivity index (χ1) is 13.6.